The summed E-state index contributed by atoms with van der Waals surface area (Å²) < 4.78 is 19.8. The minimum atomic E-state index is -0.340. The maximum absolute atomic E-state index is 14.5. The first-order valence-electron chi connectivity index (χ1n) is 11.4. The Bertz CT molecular complexity index is 1120. The van der Waals surface area contributed by atoms with E-state index in [4.69, 9.17) is 4.74 Å². The van der Waals surface area contributed by atoms with E-state index in [0.717, 1.165) is 41.0 Å². The molecule has 1 amide bonds. The Balaban J connectivity index is 1.74. The first-order chi connectivity index (χ1) is 16.0. The summed E-state index contributed by atoms with van der Waals surface area (Å²) in [6.07, 6.45) is 2.46. The number of methoxy groups -OCH3 is 1. The lowest BCUT2D eigenvalue weighted by Crippen LogP contribution is -2.36. The van der Waals surface area contributed by atoms with Crippen LogP contribution in [0.2, 0.25) is 0 Å². The van der Waals surface area contributed by atoms with E-state index in [1.165, 1.54) is 7.11 Å². The van der Waals surface area contributed by atoms with Crippen molar-refractivity contribution in [2.75, 3.05) is 26.7 Å². The van der Waals surface area contributed by atoms with Gasteiger partial charge in [-0.15, -0.1) is 0 Å². The summed E-state index contributed by atoms with van der Waals surface area (Å²) in [4.78, 5) is 24.5. The van der Waals surface area contributed by atoms with Crippen molar-refractivity contribution in [2.24, 2.45) is 0 Å². The van der Waals surface area contributed by atoms with Crippen LogP contribution in [-0.4, -0.2) is 52.4 Å². The van der Waals surface area contributed by atoms with E-state index < -0.39 is 0 Å². The van der Waals surface area contributed by atoms with Crippen LogP contribution >= 0.6 is 0 Å². The fourth-order valence-electron chi connectivity index (χ4n) is 4.64. The molecule has 0 fully saturated rings. The van der Waals surface area contributed by atoms with Gasteiger partial charge in [-0.3, -0.25) is 9.69 Å². The second kappa shape index (κ2) is 9.75. The van der Waals surface area contributed by atoms with Gasteiger partial charge in [0.1, 0.15) is 0 Å². The van der Waals surface area contributed by atoms with Crippen LogP contribution in [0, 0.1) is 12.7 Å². The number of H-pyrrole nitrogens is 1. The summed E-state index contributed by atoms with van der Waals surface area (Å²) >= 11 is 0. The van der Waals surface area contributed by atoms with Crippen LogP contribution in [0.5, 0.6) is 5.75 Å². The Kier molecular flexibility index (Phi) is 6.79. The molecule has 1 aliphatic heterocycles. The number of amides is 1. The van der Waals surface area contributed by atoms with Crippen LogP contribution in [0.15, 0.2) is 42.7 Å². The number of aryl methyl sites for hydroxylation is 1. The minimum Gasteiger partial charge on any atom is -0.494 e. The summed E-state index contributed by atoms with van der Waals surface area (Å²) in [5, 5.41) is 0. The minimum absolute atomic E-state index is 0.0317. The number of carbonyl (C=O) groups is 1. The number of benzene rings is 2. The molecule has 1 aromatic heterocycles. The van der Waals surface area contributed by atoms with Gasteiger partial charge < -0.3 is 14.6 Å². The topological polar surface area (TPSA) is 61.5 Å². The predicted octanol–water partition coefficient (Wildman–Crippen LogP) is 4.50. The third-order valence-electron chi connectivity index (χ3n) is 6.56. The lowest BCUT2D eigenvalue weighted by Gasteiger charge is -2.38. The monoisotopic (exact) mass is 450 g/mol. The van der Waals surface area contributed by atoms with E-state index in [2.05, 4.69) is 14.9 Å². The molecule has 0 saturated carbocycles. The number of carbonyl (C=O) groups excluding carboxylic acids is 1. The summed E-state index contributed by atoms with van der Waals surface area (Å²) in [6.45, 7) is 8.78. The zero-order valence-electron chi connectivity index (χ0n) is 19.7. The highest BCUT2D eigenvalue weighted by Crippen LogP contribution is 2.39. The highest BCUT2D eigenvalue weighted by Gasteiger charge is 2.31. The number of rotatable bonds is 7. The number of fused-ring (bicyclic) bond motifs is 1. The van der Waals surface area contributed by atoms with E-state index in [1.807, 2.05) is 56.0 Å². The molecule has 174 valence electrons. The van der Waals surface area contributed by atoms with Crippen LogP contribution in [0.3, 0.4) is 0 Å². The fraction of sp³-hybridized carbons (Fsp3) is 0.385. The van der Waals surface area contributed by atoms with Crippen molar-refractivity contribution < 1.29 is 13.9 Å². The van der Waals surface area contributed by atoms with Crippen LogP contribution in [0.1, 0.15) is 58.3 Å². The van der Waals surface area contributed by atoms with Crippen molar-refractivity contribution in [1.29, 1.82) is 0 Å². The first-order valence-corrected chi connectivity index (χ1v) is 11.4. The SMILES string of the molecule is CCN(CC)C(=O)c1ccc(C2c3cc(OC)c(F)cc3CCN2Cc2[nH]cnc2C)cc1. The maximum Gasteiger partial charge on any atom is 0.253 e. The molecule has 1 atom stereocenters. The second-order valence-corrected chi connectivity index (χ2v) is 8.37. The van der Waals surface area contributed by atoms with Crippen molar-refractivity contribution in [3.63, 3.8) is 0 Å². The number of nitrogens with zero attached hydrogens (tertiary/aromatic N) is 3. The summed E-state index contributed by atoms with van der Waals surface area (Å²) in [6, 6.07) is 11.1. The normalized spacial score (nSPS) is 15.8. The smallest absolute Gasteiger partial charge is 0.253 e. The molecule has 0 spiro atoms. The molecule has 2 heterocycles. The average Bonchev–Trinajstić information content (AvgIpc) is 3.23. The molecule has 0 radical (unpaired) electrons. The van der Waals surface area contributed by atoms with Crippen LogP contribution in [-0.2, 0) is 13.0 Å². The molecule has 0 aliphatic carbocycles. The molecule has 1 unspecified atom stereocenters. The van der Waals surface area contributed by atoms with Crippen molar-refractivity contribution in [3.8, 4) is 5.75 Å². The molecule has 7 heteroatoms. The van der Waals surface area contributed by atoms with Gasteiger partial charge in [-0.25, -0.2) is 9.37 Å². The van der Waals surface area contributed by atoms with E-state index in [0.29, 0.717) is 25.2 Å². The molecule has 4 rings (SSSR count). The van der Waals surface area contributed by atoms with Crippen LogP contribution in [0.25, 0.3) is 0 Å². The van der Waals surface area contributed by atoms with Gasteiger partial charge in [0.2, 0.25) is 0 Å². The van der Waals surface area contributed by atoms with Gasteiger partial charge in [0.25, 0.3) is 5.91 Å². The zero-order chi connectivity index (χ0) is 23.5. The quantitative estimate of drug-likeness (QED) is 0.576. The number of hydrogen-bond donors (Lipinski definition) is 1. The van der Waals surface area contributed by atoms with Gasteiger partial charge in [-0.2, -0.15) is 0 Å². The summed E-state index contributed by atoms with van der Waals surface area (Å²) in [5.74, 6) is -0.0658. The van der Waals surface area contributed by atoms with Gasteiger partial charge in [0, 0.05) is 31.7 Å². The van der Waals surface area contributed by atoms with E-state index >= 15 is 0 Å². The molecule has 1 aliphatic rings. The lowest BCUT2D eigenvalue weighted by atomic mass is 9.87. The first kappa shape index (κ1) is 23.0. The third-order valence-corrected chi connectivity index (χ3v) is 6.56. The molecule has 1 N–H and O–H groups in total. The fourth-order valence-corrected chi connectivity index (χ4v) is 4.64. The van der Waals surface area contributed by atoms with Gasteiger partial charge in [0.15, 0.2) is 11.6 Å². The van der Waals surface area contributed by atoms with Gasteiger partial charge >= 0.3 is 0 Å². The molecule has 3 aromatic rings. The highest BCUT2D eigenvalue weighted by molar-refractivity contribution is 5.94. The van der Waals surface area contributed by atoms with E-state index in [9.17, 15) is 9.18 Å². The van der Waals surface area contributed by atoms with Crippen LogP contribution in [0.4, 0.5) is 4.39 Å². The van der Waals surface area contributed by atoms with Crippen molar-refractivity contribution in [3.05, 3.63) is 82.2 Å². The average molecular weight is 451 g/mol. The summed E-state index contributed by atoms with van der Waals surface area (Å²) in [5.41, 5.74) is 5.77. The lowest BCUT2D eigenvalue weighted by molar-refractivity contribution is 0.0773. The highest BCUT2D eigenvalue weighted by atomic mass is 19.1. The van der Waals surface area contributed by atoms with Crippen molar-refractivity contribution in [2.45, 2.75) is 39.8 Å². The van der Waals surface area contributed by atoms with E-state index in [-0.39, 0.29) is 23.5 Å². The number of nitrogens with one attached hydrogen (secondary N) is 1. The van der Waals surface area contributed by atoms with E-state index in [1.54, 1.807) is 12.4 Å². The number of ether oxygens (including phenoxy) is 1. The van der Waals surface area contributed by atoms with Crippen molar-refractivity contribution >= 4 is 5.91 Å². The Morgan fingerprint density at radius 1 is 1.24 bits per heavy atom. The Morgan fingerprint density at radius 2 is 1.97 bits per heavy atom. The Morgan fingerprint density at radius 3 is 2.58 bits per heavy atom. The number of halogens is 1. The van der Waals surface area contributed by atoms with Gasteiger partial charge in [0.05, 0.1) is 30.9 Å². The molecule has 33 heavy (non-hydrogen) atoms. The second-order valence-electron chi connectivity index (χ2n) is 8.37. The molecule has 0 saturated heterocycles. The van der Waals surface area contributed by atoms with Crippen molar-refractivity contribution in [1.82, 2.24) is 19.8 Å². The molecule has 6 nitrogen and oxygen atoms in total. The standard InChI is InChI=1S/C26H31FN4O2/c1-5-30(6-2)26(32)19-9-7-18(8-10-19)25-21-14-24(33-4)22(27)13-20(21)11-12-31(25)15-23-17(3)28-16-29-23/h7-10,13-14,16,25H,5-6,11-12,15H2,1-4H3,(H,28,29). The third kappa shape index (κ3) is 4.50. The number of hydrogen-bond acceptors (Lipinski definition) is 4. The number of aromatic nitrogens is 2. The summed E-state index contributed by atoms with van der Waals surface area (Å²) in [7, 11) is 1.49. The molecular weight excluding hydrogens is 419 g/mol. The Hall–Kier alpha value is -3.19. The molecular formula is C26H31FN4O2. The number of aromatic amines is 1. The predicted molar refractivity (Wildman–Crippen MR) is 126 cm³/mol. The zero-order valence-corrected chi connectivity index (χ0v) is 19.7. The Labute approximate surface area is 194 Å². The molecule has 0 bridgehead atoms. The van der Waals surface area contributed by atoms with Gasteiger partial charge in [-0.05, 0) is 68.1 Å². The maximum atomic E-state index is 14.5. The number of imidazole rings is 1. The van der Waals surface area contributed by atoms with Gasteiger partial charge in [-0.1, -0.05) is 12.1 Å². The van der Waals surface area contributed by atoms with Crippen LogP contribution < -0.4 is 4.74 Å². The molecule has 2 aromatic carbocycles. The largest absolute Gasteiger partial charge is 0.494 e.